The molecule has 0 saturated carbocycles. The Labute approximate surface area is 247 Å². The summed E-state index contributed by atoms with van der Waals surface area (Å²) in [6, 6.07) is 2.75. The molecule has 1 heterocycles. The van der Waals surface area contributed by atoms with Crippen LogP contribution in [0.15, 0.2) is 87.0 Å². The summed E-state index contributed by atoms with van der Waals surface area (Å²) in [5, 5.41) is 26.7. The lowest BCUT2D eigenvalue weighted by atomic mass is 10.1. The van der Waals surface area contributed by atoms with Gasteiger partial charge in [-0.15, -0.1) is 0 Å². The molecule has 3 amide bonds. The normalized spacial score (nSPS) is 15.8. The van der Waals surface area contributed by atoms with Crippen LogP contribution in [0.3, 0.4) is 0 Å². The maximum atomic E-state index is 14.0. The molecule has 1 aliphatic rings. The van der Waals surface area contributed by atoms with E-state index in [1.165, 1.54) is 24.1 Å². The number of allylic oxidation sites excluding steroid dienone is 5. The lowest BCUT2D eigenvalue weighted by Crippen LogP contribution is -2.42. The van der Waals surface area contributed by atoms with E-state index in [1.807, 2.05) is 46.8 Å². The maximum absolute atomic E-state index is 14.0. The van der Waals surface area contributed by atoms with Gasteiger partial charge in [0.2, 0.25) is 12.4 Å². The van der Waals surface area contributed by atoms with E-state index in [2.05, 4.69) is 20.6 Å². The predicted molar refractivity (Wildman–Crippen MR) is 164 cm³/mol. The number of aliphatic hydroxyl groups excluding tert-OH is 1. The molecule has 0 bridgehead atoms. The van der Waals surface area contributed by atoms with Crippen LogP contribution in [0.4, 0.5) is 9.18 Å². The van der Waals surface area contributed by atoms with Crippen molar-refractivity contribution < 1.29 is 24.2 Å². The summed E-state index contributed by atoms with van der Waals surface area (Å²) < 4.78 is 14.0. The number of dihydropyridines is 1. The Morgan fingerprint density at radius 3 is 2.55 bits per heavy atom. The number of amides is 3. The van der Waals surface area contributed by atoms with Gasteiger partial charge in [-0.1, -0.05) is 18.6 Å². The topological polar surface area (TPSA) is 130 Å². The smallest absolute Gasteiger partial charge is 0.351 e. The van der Waals surface area contributed by atoms with E-state index in [4.69, 9.17) is 0 Å². The molecule has 1 atom stereocenters. The number of halogens is 1. The molecule has 226 valence electrons. The lowest BCUT2D eigenvalue weighted by Gasteiger charge is -2.24. The summed E-state index contributed by atoms with van der Waals surface area (Å²) in [5.41, 5.74) is 3.37. The number of phenols is 1. The molecule has 0 saturated heterocycles. The van der Waals surface area contributed by atoms with Crippen molar-refractivity contribution in [1.29, 1.82) is 0 Å². The van der Waals surface area contributed by atoms with Crippen molar-refractivity contribution in [1.82, 2.24) is 20.4 Å². The van der Waals surface area contributed by atoms with Crippen LogP contribution < -0.4 is 10.6 Å². The highest BCUT2D eigenvalue weighted by molar-refractivity contribution is 6.02. The largest absolute Gasteiger partial charge is 0.508 e. The number of nitrogens with zero attached hydrogens (tertiary/aromatic N) is 4. The molecule has 0 aromatic heterocycles. The average molecular weight is 581 g/mol. The summed E-state index contributed by atoms with van der Waals surface area (Å²) in [6.45, 7) is 11.7. The second-order valence-corrected chi connectivity index (χ2v) is 9.84. The Bertz CT molecular complexity index is 1350. The number of hydrogen-bond donors (Lipinski definition) is 4. The minimum Gasteiger partial charge on any atom is -0.508 e. The molecule has 1 aromatic rings. The van der Waals surface area contributed by atoms with Crippen LogP contribution in [0, 0.1) is 5.82 Å². The SMILES string of the molecule is C/C=C(/C=C(N/C(=N/C(=O)N(C)C1=CNCC(C)=C1)N(C=O)Cc1cc(O)cc(F)c1)\C(O)=C/C)C(\C)=N/C(C)CC. The number of guanidine groups is 1. The van der Waals surface area contributed by atoms with Crippen molar-refractivity contribution in [2.24, 2.45) is 9.98 Å². The second kappa shape index (κ2) is 15.9. The number of urea groups is 1. The van der Waals surface area contributed by atoms with Gasteiger partial charge in [0.25, 0.3) is 0 Å². The number of carbonyl (C=O) groups excluding carboxylic acids is 2. The van der Waals surface area contributed by atoms with Gasteiger partial charge >= 0.3 is 6.03 Å². The Morgan fingerprint density at radius 2 is 1.98 bits per heavy atom. The van der Waals surface area contributed by atoms with Crippen LogP contribution in [-0.4, -0.2) is 63.8 Å². The highest BCUT2D eigenvalue weighted by Crippen LogP contribution is 2.18. The number of aliphatic imine (C=N–C) groups is 2. The van der Waals surface area contributed by atoms with Gasteiger partial charge in [-0.05, 0) is 82.5 Å². The molecule has 11 heteroatoms. The summed E-state index contributed by atoms with van der Waals surface area (Å²) in [5.74, 6) is -1.43. The van der Waals surface area contributed by atoms with Crippen LogP contribution in [-0.2, 0) is 11.3 Å². The Kier molecular flexibility index (Phi) is 12.7. The van der Waals surface area contributed by atoms with Crippen molar-refractivity contribution in [3.63, 3.8) is 0 Å². The third kappa shape index (κ3) is 9.76. The fraction of sp³-hybridized carbons (Fsp3) is 0.355. The zero-order valence-electron chi connectivity index (χ0n) is 25.3. The van der Waals surface area contributed by atoms with Crippen molar-refractivity contribution in [2.75, 3.05) is 13.6 Å². The number of aliphatic hydroxyl groups is 1. The molecule has 0 aliphatic carbocycles. The van der Waals surface area contributed by atoms with Crippen molar-refractivity contribution in [3.8, 4) is 5.75 Å². The fourth-order valence-corrected chi connectivity index (χ4v) is 3.88. The quantitative estimate of drug-likeness (QED) is 0.0960. The average Bonchev–Trinajstić information content (AvgIpc) is 2.95. The molecule has 0 radical (unpaired) electrons. The van der Waals surface area contributed by atoms with Gasteiger partial charge in [-0.3, -0.25) is 19.6 Å². The molecular formula is C31H41FN6O4. The number of nitrogens with one attached hydrogen (secondary N) is 2. The molecule has 0 spiro atoms. The van der Waals surface area contributed by atoms with Crippen molar-refractivity contribution >= 4 is 24.1 Å². The van der Waals surface area contributed by atoms with E-state index in [1.54, 1.807) is 19.2 Å². The highest BCUT2D eigenvalue weighted by atomic mass is 19.1. The standard InChI is InChI=1S/C31H41FN6O4/c1-8-21(5)34-22(6)24(9-2)14-28(29(41)10-3)35-30(36-31(42)37(7)26-11-20(4)16-33-17-26)38(19-39)18-23-12-25(32)15-27(40)13-23/h9-15,17,19,21,33,40-41H,8,16,18H2,1-7H3,(H,35,36,42)/b24-9-,28-14+,29-10+,34-22-. The number of likely N-dealkylation sites (N-methyl/N-ethyl adjacent to an activating group) is 1. The first-order chi connectivity index (χ1) is 19.9. The summed E-state index contributed by atoms with van der Waals surface area (Å²) >= 11 is 0. The summed E-state index contributed by atoms with van der Waals surface area (Å²) in [4.78, 5) is 36.9. The molecule has 42 heavy (non-hydrogen) atoms. The van der Waals surface area contributed by atoms with Gasteiger partial charge in [0.05, 0.1) is 17.9 Å². The number of rotatable bonds is 10. The minimum absolute atomic E-state index is 0.0832. The zero-order chi connectivity index (χ0) is 31.4. The van der Waals surface area contributed by atoms with E-state index in [9.17, 15) is 24.2 Å². The highest BCUT2D eigenvalue weighted by Gasteiger charge is 2.21. The summed E-state index contributed by atoms with van der Waals surface area (Å²) in [7, 11) is 1.54. The molecule has 10 nitrogen and oxygen atoms in total. The fourth-order valence-electron chi connectivity index (χ4n) is 3.88. The molecule has 2 rings (SSSR count). The van der Waals surface area contributed by atoms with E-state index in [0.717, 1.165) is 34.7 Å². The number of hydrogen-bond acceptors (Lipinski definition) is 6. The van der Waals surface area contributed by atoms with Crippen molar-refractivity contribution in [2.45, 2.75) is 60.5 Å². The van der Waals surface area contributed by atoms with Crippen LogP contribution in [0.25, 0.3) is 0 Å². The van der Waals surface area contributed by atoms with Crippen LogP contribution in [0.1, 0.15) is 53.5 Å². The Morgan fingerprint density at radius 1 is 1.26 bits per heavy atom. The number of phenolic OH excluding ortho intramolecular Hbond substituents is 1. The van der Waals surface area contributed by atoms with Crippen LogP contribution in [0.2, 0.25) is 0 Å². The predicted octanol–water partition coefficient (Wildman–Crippen LogP) is 5.43. The molecular weight excluding hydrogens is 539 g/mol. The first kappa shape index (κ1) is 33.5. The van der Waals surface area contributed by atoms with E-state index < -0.39 is 11.8 Å². The number of carbonyl (C=O) groups is 2. The van der Waals surface area contributed by atoms with Crippen LogP contribution >= 0.6 is 0 Å². The number of benzene rings is 1. The Hall–Kier alpha value is -4.67. The van der Waals surface area contributed by atoms with Gasteiger partial charge in [0.15, 0.2) is 0 Å². The Balaban J connectivity index is 2.63. The van der Waals surface area contributed by atoms with E-state index in [-0.39, 0.29) is 41.3 Å². The maximum Gasteiger partial charge on any atom is 0.351 e. The van der Waals surface area contributed by atoms with E-state index >= 15 is 0 Å². The first-order valence-electron chi connectivity index (χ1n) is 13.6. The molecule has 0 fully saturated rings. The third-order valence-electron chi connectivity index (χ3n) is 6.42. The minimum atomic E-state index is -0.717. The van der Waals surface area contributed by atoms with Gasteiger partial charge in [0.1, 0.15) is 17.3 Å². The van der Waals surface area contributed by atoms with Crippen molar-refractivity contribution in [3.05, 3.63) is 88.4 Å². The van der Waals surface area contributed by atoms with Crippen LogP contribution in [0.5, 0.6) is 5.75 Å². The monoisotopic (exact) mass is 580 g/mol. The molecule has 1 unspecified atom stereocenters. The molecule has 1 aliphatic heterocycles. The molecule has 4 N–H and O–H groups in total. The van der Waals surface area contributed by atoms with E-state index in [0.29, 0.717) is 24.2 Å². The van der Waals surface area contributed by atoms with Gasteiger partial charge in [-0.2, -0.15) is 4.99 Å². The zero-order valence-corrected chi connectivity index (χ0v) is 25.3. The molecule has 1 aromatic carbocycles. The third-order valence-corrected chi connectivity index (χ3v) is 6.42. The second-order valence-electron chi connectivity index (χ2n) is 9.84. The first-order valence-corrected chi connectivity index (χ1v) is 13.6. The lowest BCUT2D eigenvalue weighted by molar-refractivity contribution is -0.115. The number of aromatic hydroxyl groups is 1. The summed E-state index contributed by atoms with van der Waals surface area (Å²) in [6.07, 6.45) is 9.68. The van der Waals surface area contributed by atoms with Gasteiger partial charge in [0, 0.05) is 37.6 Å². The van der Waals surface area contributed by atoms with Gasteiger partial charge in [-0.25, -0.2) is 9.18 Å². The van der Waals surface area contributed by atoms with Gasteiger partial charge < -0.3 is 20.8 Å².